The Morgan fingerprint density at radius 3 is 2.62 bits per heavy atom. The van der Waals surface area contributed by atoms with Gasteiger partial charge in [0.1, 0.15) is 6.10 Å². The van der Waals surface area contributed by atoms with Crippen molar-refractivity contribution < 1.29 is 4.74 Å². The van der Waals surface area contributed by atoms with E-state index in [0.717, 1.165) is 24.2 Å². The van der Waals surface area contributed by atoms with Crippen molar-refractivity contribution >= 4 is 11.6 Å². The van der Waals surface area contributed by atoms with Gasteiger partial charge in [-0.25, -0.2) is 0 Å². The van der Waals surface area contributed by atoms with Crippen LogP contribution in [-0.4, -0.2) is 16.4 Å². The number of rotatable bonds is 7. The van der Waals surface area contributed by atoms with Crippen LogP contribution in [0.1, 0.15) is 43.7 Å². The Morgan fingerprint density at radius 2 is 2.00 bits per heavy atom. The van der Waals surface area contributed by atoms with E-state index >= 15 is 0 Å². The Balaban J connectivity index is 2.35. The summed E-state index contributed by atoms with van der Waals surface area (Å²) in [4.78, 5) is 0. The van der Waals surface area contributed by atoms with E-state index < -0.39 is 0 Å². The topological polar surface area (TPSA) is 53.1 Å². The fourth-order valence-electron chi connectivity index (χ4n) is 2.47. The molecule has 0 aliphatic carbocycles. The third-order valence-electron chi connectivity index (χ3n) is 3.38. The minimum Gasteiger partial charge on any atom is -0.372 e. The van der Waals surface area contributed by atoms with E-state index in [4.69, 9.17) is 22.1 Å². The zero-order chi connectivity index (χ0) is 15.2. The van der Waals surface area contributed by atoms with Crippen LogP contribution in [0.2, 0.25) is 5.02 Å². The molecule has 0 saturated carbocycles. The number of benzene rings is 1. The molecule has 0 amide bonds. The summed E-state index contributed by atoms with van der Waals surface area (Å²) in [6.45, 7) is 5.45. The largest absolute Gasteiger partial charge is 0.372 e. The Morgan fingerprint density at radius 1 is 1.29 bits per heavy atom. The van der Waals surface area contributed by atoms with Gasteiger partial charge in [-0.3, -0.25) is 4.68 Å². The van der Waals surface area contributed by atoms with Crippen molar-refractivity contribution in [3.8, 4) is 0 Å². The van der Waals surface area contributed by atoms with Gasteiger partial charge in [-0.05, 0) is 18.9 Å². The summed E-state index contributed by atoms with van der Waals surface area (Å²) in [5.74, 6) is 0. The van der Waals surface area contributed by atoms with Crippen LogP contribution in [0.3, 0.4) is 0 Å². The van der Waals surface area contributed by atoms with Crippen molar-refractivity contribution in [3.05, 3.63) is 52.8 Å². The molecule has 1 heterocycles. The Labute approximate surface area is 130 Å². The first-order chi connectivity index (χ1) is 10.2. The van der Waals surface area contributed by atoms with Crippen molar-refractivity contribution in [3.63, 3.8) is 0 Å². The van der Waals surface area contributed by atoms with Gasteiger partial charge < -0.3 is 10.5 Å². The van der Waals surface area contributed by atoms with Crippen molar-refractivity contribution in [1.29, 1.82) is 0 Å². The van der Waals surface area contributed by atoms with Gasteiger partial charge >= 0.3 is 0 Å². The molecule has 0 aliphatic heterocycles. The number of halogens is 1. The van der Waals surface area contributed by atoms with E-state index in [1.165, 1.54) is 0 Å². The molecule has 0 fully saturated rings. The number of nitrogens with zero attached hydrogens (tertiary/aromatic N) is 2. The van der Waals surface area contributed by atoms with Gasteiger partial charge in [0.25, 0.3) is 0 Å². The van der Waals surface area contributed by atoms with Gasteiger partial charge in [-0.1, -0.05) is 48.9 Å². The van der Waals surface area contributed by atoms with Crippen molar-refractivity contribution in [1.82, 2.24) is 9.78 Å². The smallest absolute Gasteiger partial charge is 0.103 e. The number of hydrogen-bond donors (Lipinski definition) is 1. The lowest BCUT2D eigenvalue weighted by atomic mass is 10.00. The lowest BCUT2D eigenvalue weighted by Gasteiger charge is -2.25. The van der Waals surface area contributed by atoms with Gasteiger partial charge in [0.05, 0.1) is 23.0 Å². The molecule has 114 valence electrons. The molecule has 0 spiro atoms. The minimum atomic E-state index is -0.353. The molecule has 2 rings (SSSR count). The van der Waals surface area contributed by atoms with Crippen LogP contribution < -0.4 is 5.73 Å². The summed E-state index contributed by atoms with van der Waals surface area (Å²) in [5.41, 5.74) is 8.35. The second kappa shape index (κ2) is 7.59. The molecule has 0 radical (unpaired) electrons. The maximum absolute atomic E-state index is 6.46. The second-order valence-corrected chi connectivity index (χ2v) is 5.32. The molecule has 2 aromatic rings. The number of ether oxygens (including phenoxy) is 1. The van der Waals surface area contributed by atoms with Crippen molar-refractivity contribution in [2.75, 3.05) is 6.61 Å². The van der Waals surface area contributed by atoms with E-state index in [-0.39, 0.29) is 12.1 Å². The molecule has 0 aliphatic rings. The molecule has 21 heavy (non-hydrogen) atoms. The van der Waals surface area contributed by atoms with Gasteiger partial charge in [-0.15, -0.1) is 0 Å². The normalized spacial score (nSPS) is 14.1. The van der Waals surface area contributed by atoms with Gasteiger partial charge in [0.15, 0.2) is 0 Å². The van der Waals surface area contributed by atoms with Gasteiger partial charge in [-0.2, -0.15) is 5.10 Å². The minimum absolute atomic E-state index is 0.235. The fourth-order valence-corrected chi connectivity index (χ4v) is 2.73. The predicted molar refractivity (Wildman–Crippen MR) is 85.3 cm³/mol. The van der Waals surface area contributed by atoms with E-state index in [9.17, 15) is 0 Å². The number of hydrogen-bond acceptors (Lipinski definition) is 3. The van der Waals surface area contributed by atoms with Gasteiger partial charge in [0.2, 0.25) is 0 Å². The average Bonchev–Trinajstić information content (AvgIpc) is 2.86. The molecular weight excluding hydrogens is 286 g/mol. The van der Waals surface area contributed by atoms with Crippen molar-refractivity contribution in [2.24, 2.45) is 5.73 Å². The zero-order valence-electron chi connectivity index (χ0n) is 12.5. The molecule has 0 saturated heterocycles. The molecule has 2 unspecified atom stereocenters. The van der Waals surface area contributed by atoms with Crippen LogP contribution in [0.4, 0.5) is 0 Å². The van der Waals surface area contributed by atoms with Crippen LogP contribution in [0.25, 0.3) is 0 Å². The molecule has 4 nitrogen and oxygen atoms in total. The predicted octanol–water partition coefficient (Wildman–Crippen LogP) is 3.72. The molecule has 5 heteroatoms. The van der Waals surface area contributed by atoms with Gasteiger partial charge in [0, 0.05) is 13.2 Å². The van der Waals surface area contributed by atoms with Crippen molar-refractivity contribution in [2.45, 2.75) is 39.0 Å². The lowest BCUT2D eigenvalue weighted by Crippen LogP contribution is -2.25. The Hall–Kier alpha value is -1.36. The molecule has 2 N–H and O–H groups in total. The summed E-state index contributed by atoms with van der Waals surface area (Å²) in [6.07, 6.45) is 2.39. The maximum atomic E-state index is 6.46. The molecular formula is C16H22ClN3O. The molecule has 2 atom stereocenters. The van der Waals surface area contributed by atoms with Crippen LogP contribution >= 0.6 is 11.6 Å². The third kappa shape index (κ3) is 3.64. The highest BCUT2D eigenvalue weighted by molar-refractivity contribution is 6.31. The monoisotopic (exact) mass is 307 g/mol. The Bertz CT molecular complexity index is 556. The lowest BCUT2D eigenvalue weighted by molar-refractivity contribution is 0.0408. The number of aromatic nitrogens is 2. The third-order valence-corrected chi connectivity index (χ3v) is 3.68. The van der Waals surface area contributed by atoms with E-state index in [1.54, 1.807) is 6.20 Å². The summed E-state index contributed by atoms with van der Waals surface area (Å²) < 4.78 is 7.75. The second-order valence-electron chi connectivity index (χ2n) is 4.91. The first-order valence-electron chi connectivity index (χ1n) is 7.32. The summed E-state index contributed by atoms with van der Waals surface area (Å²) in [6, 6.07) is 9.64. The number of aryl methyl sites for hydroxylation is 1. The maximum Gasteiger partial charge on any atom is 0.103 e. The SMILES string of the molecule is CCCn1ncc(Cl)c1C(N)C(OCC)c1ccccc1. The molecule has 0 bridgehead atoms. The van der Waals surface area contributed by atoms with Crippen LogP contribution in [-0.2, 0) is 11.3 Å². The average molecular weight is 308 g/mol. The summed E-state index contributed by atoms with van der Waals surface area (Å²) in [7, 11) is 0. The highest BCUT2D eigenvalue weighted by Gasteiger charge is 2.27. The summed E-state index contributed by atoms with van der Waals surface area (Å²) in [5, 5.41) is 4.91. The first-order valence-corrected chi connectivity index (χ1v) is 7.70. The summed E-state index contributed by atoms with van der Waals surface area (Å²) >= 11 is 6.29. The van der Waals surface area contributed by atoms with Crippen LogP contribution in [0, 0.1) is 0 Å². The molecule has 1 aromatic heterocycles. The zero-order valence-corrected chi connectivity index (χ0v) is 13.3. The van der Waals surface area contributed by atoms with E-state index in [1.807, 2.05) is 41.9 Å². The van der Waals surface area contributed by atoms with E-state index in [2.05, 4.69) is 12.0 Å². The highest BCUT2D eigenvalue weighted by Crippen LogP contribution is 2.33. The van der Waals surface area contributed by atoms with Crippen LogP contribution in [0.5, 0.6) is 0 Å². The first kappa shape index (κ1) is 16.0. The van der Waals surface area contributed by atoms with E-state index in [0.29, 0.717) is 11.6 Å². The number of nitrogens with two attached hydrogens (primary N) is 1. The van der Waals surface area contributed by atoms with Crippen LogP contribution in [0.15, 0.2) is 36.5 Å². The fraction of sp³-hybridized carbons (Fsp3) is 0.438. The quantitative estimate of drug-likeness (QED) is 0.848. The standard InChI is InChI=1S/C16H22ClN3O/c1-3-10-20-15(13(17)11-19-20)14(18)16(21-4-2)12-8-6-5-7-9-12/h5-9,11,14,16H,3-4,10,18H2,1-2H3. The molecule has 1 aromatic carbocycles. The highest BCUT2D eigenvalue weighted by atomic mass is 35.5. The Kier molecular flexibility index (Phi) is 5.79.